The number of halogens is 1. The quantitative estimate of drug-likeness (QED) is 0.910. The molecule has 1 aromatic carbocycles. The number of ether oxygens (including phenoxy) is 1. The van der Waals surface area contributed by atoms with Crippen LogP contribution in [0.25, 0.3) is 0 Å². The van der Waals surface area contributed by atoms with E-state index in [0.29, 0.717) is 23.0 Å². The van der Waals surface area contributed by atoms with Crippen LogP contribution in [0.4, 0.5) is 5.69 Å². The van der Waals surface area contributed by atoms with Gasteiger partial charge in [0, 0.05) is 11.6 Å². The molecule has 0 saturated heterocycles. The van der Waals surface area contributed by atoms with E-state index in [4.69, 9.17) is 21.4 Å². The summed E-state index contributed by atoms with van der Waals surface area (Å²) in [5, 5.41) is 9.26. The minimum atomic E-state index is -1.07. The fraction of sp³-hybridized carbons (Fsp3) is 0.333. The summed E-state index contributed by atoms with van der Waals surface area (Å²) in [6.07, 6.45) is -1.33. The Balaban J connectivity index is 2.39. The fourth-order valence-corrected chi connectivity index (χ4v) is 2.08. The van der Waals surface area contributed by atoms with E-state index in [0.717, 1.165) is 0 Å². The molecule has 5 nitrogen and oxygen atoms in total. The SMILES string of the molecule is CCN1C(=O)C(CC(=O)O)Oc2ccc(Cl)cc21. The molecule has 1 amide bonds. The first kappa shape index (κ1) is 12.7. The van der Waals surface area contributed by atoms with Crippen LogP contribution in [0.3, 0.4) is 0 Å². The van der Waals surface area contributed by atoms with Crippen LogP contribution in [0.15, 0.2) is 18.2 Å². The number of hydrogen-bond acceptors (Lipinski definition) is 3. The molecule has 0 aromatic heterocycles. The molecule has 0 spiro atoms. The number of carbonyl (C=O) groups excluding carboxylic acids is 1. The first-order chi connectivity index (χ1) is 8.52. The summed E-state index contributed by atoms with van der Waals surface area (Å²) in [5.41, 5.74) is 0.580. The third kappa shape index (κ3) is 2.26. The number of hydrogen-bond donors (Lipinski definition) is 1. The number of rotatable bonds is 3. The lowest BCUT2D eigenvalue weighted by Gasteiger charge is -2.33. The number of likely N-dealkylation sites (N-methyl/N-ethyl adjacent to an activating group) is 1. The number of fused-ring (bicyclic) bond motifs is 1. The number of anilines is 1. The zero-order valence-corrected chi connectivity index (χ0v) is 10.5. The minimum absolute atomic E-state index is 0.350. The van der Waals surface area contributed by atoms with Gasteiger partial charge < -0.3 is 14.7 Å². The Labute approximate surface area is 109 Å². The smallest absolute Gasteiger partial charge is 0.307 e. The Morgan fingerprint density at radius 3 is 2.89 bits per heavy atom. The second kappa shape index (κ2) is 4.86. The Bertz CT molecular complexity index is 503. The molecule has 1 heterocycles. The van der Waals surface area contributed by atoms with E-state index in [1.807, 2.05) is 6.92 Å². The summed E-state index contributed by atoms with van der Waals surface area (Å²) in [5.74, 6) is -0.941. The van der Waals surface area contributed by atoms with Crippen molar-refractivity contribution in [1.82, 2.24) is 0 Å². The monoisotopic (exact) mass is 269 g/mol. The van der Waals surface area contributed by atoms with Gasteiger partial charge in [-0.25, -0.2) is 0 Å². The highest BCUT2D eigenvalue weighted by Crippen LogP contribution is 2.36. The van der Waals surface area contributed by atoms with E-state index in [2.05, 4.69) is 0 Å². The van der Waals surface area contributed by atoms with E-state index in [-0.39, 0.29) is 12.3 Å². The lowest BCUT2D eigenvalue weighted by atomic mass is 10.1. The number of carbonyl (C=O) groups is 2. The van der Waals surface area contributed by atoms with Crippen molar-refractivity contribution in [2.45, 2.75) is 19.4 Å². The first-order valence-corrected chi connectivity index (χ1v) is 5.90. The Morgan fingerprint density at radius 1 is 1.56 bits per heavy atom. The predicted molar refractivity (Wildman–Crippen MR) is 66.1 cm³/mol. The topological polar surface area (TPSA) is 66.8 Å². The van der Waals surface area contributed by atoms with Gasteiger partial charge in [0.2, 0.25) is 0 Å². The minimum Gasteiger partial charge on any atom is -0.481 e. The molecule has 0 aliphatic carbocycles. The first-order valence-electron chi connectivity index (χ1n) is 5.52. The number of carboxylic acids is 1. The van der Waals surface area contributed by atoms with Gasteiger partial charge in [-0.3, -0.25) is 9.59 Å². The van der Waals surface area contributed by atoms with E-state index < -0.39 is 12.1 Å². The van der Waals surface area contributed by atoms with Crippen LogP contribution in [0.5, 0.6) is 5.75 Å². The van der Waals surface area contributed by atoms with Crippen molar-refractivity contribution in [3.8, 4) is 5.75 Å². The highest BCUT2D eigenvalue weighted by atomic mass is 35.5. The van der Waals surface area contributed by atoms with Crippen LogP contribution in [-0.2, 0) is 9.59 Å². The van der Waals surface area contributed by atoms with Crippen molar-refractivity contribution in [2.75, 3.05) is 11.4 Å². The summed E-state index contributed by atoms with van der Waals surface area (Å²) in [6.45, 7) is 2.25. The van der Waals surface area contributed by atoms with Gasteiger partial charge >= 0.3 is 5.97 Å². The fourth-order valence-electron chi connectivity index (χ4n) is 1.91. The molecule has 1 atom stereocenters. The van der Waals surface area contributed by atoms with E-state index >= 15 is 0 Å². The molecule has 0 saturated carbocycles. The van der Waals surface area contributed by atoms with Gasteiger partial charge in [-0.1, -0.05) is 11.6 Å². The molecule has 1 aliphatic rings. The van der Waals surface area contributed by atoms with Crippen LogP contribution < -0.4 is 9.64 Å². The van der Waals surface area contributed by atoms with Gasteiger partial charge in [0.1, 0.15) is 5.75 Å². The van der Waals surface area contributed by atoms with Crippen molar-refractivity contribution in [1.29, 1.82) is 0 Å². The molecule has 1 aromatic rings. The molecule has 1 unspecified atom stereocenters. The lowest BCUT2D eigenvalue weighted by Crippen LogP contribution is -2.46. The molecule has 0 radical (unpaired) electrons. The van der Waals surface area contributed by atoms with Gasteiger partial charge in [0.15, 0.2) is 6.10 Å². The van der Waals surface area contributed by atoms with Crippen molar-refractivity contribution >= 4 is 29.2 Å². The second-order valence-corrected chi connectivity index (χ2v) is 4.34. The number of amides is 1. The molecule has 1 aliphatic heterocycles. The average Bonchev–Trinajstić information content (AvgIpc) is 2.30. The van der Waals surface area contributed by atoms with Crippen LogP contribution in [0.2, 0.25) is 5.02 Å². The Hall–Kier alpha value is -1.75. The van der Waals surface area contributed by atoms with E-state index in [1.165, 1.54) is 4.90 Å². The maximum absolute atomic E-state index is 12.1. The lowest BCUT2D eigenvalue weighted by molar-refractivity contribution is -0.142. The van der Waals surface area contributed by atoms with Crippen molar-refractivity contribution in [3.63, 3.8) is 0 Å². The molecular formula is C12H12ClNO4. The summed E-state index contributed by atoms with van der Waals surface area (Å²) < 4.78 is 5.41. The number of benzene rings is 1. The highest BCUT2D eigenvalue weighted by Gasteiger charge is 2.35. The zero-order valence-electron chi connectivity index (χ0n) is 9.72. The molecule has 6 heteroatoms. The largest absolute Gasteiger partial charge is 0.481 e. The van der Waals surface area contributed by atoms with Gasteiger partial charge in [-0.05, 0) is 25.1 Å². The normalized spacial score (nSPS) is 18.2. The van der Waals surface area contributed by atoms with Gasteiger partial charge in [-0.15, -0.1) is 0 Å². The number of carboxylic acid groups (broad SMARTS) is 1. The van der Waals surface area contributed by atoms with Crippen LogP contribution in [0.1, 0.15) is 13.3 Å². The molecule has 1 N–H and O–H groups in total. The van der Waals surface area contributed by atoms with Crippen molar-refractivity contribution in [3.05, 3.63) is 23.2 Å². The third-order valence-electron chi connectivity index (χ3n) is 2.70. The van der Waals surface area contributed by atoms with Crippen molar-refractivity contribution in [2.24, 2.45) is 0 Å². The molecule has 0 fully saturated rings. The van der Waals surface area contributed by atoms with Gasteiger partial charge in [0.05, 0.1) is 12.1 Å². The molecule has 18 heavy (non-hydrogen) atoms. The maximum atomic E-state index is 12.1. The summed E-state index contributed by atoms with van der Waals surface area (Å²) in [6, 6.07) is 4.92. The van der Waals surface area contributed by atoms with Crippen molar-refractivity contribution < 1.29 is 19.4 Å². The summed E-state index contributed by atoms with van der Waals surface area (Å²) >= 11 is 5.88. The maximum Gasteiger partial charge on any atom is 0.307 e. The molecular weight excluding hydrogens is 258 g/mol. The molecule has 2 rings (SSSR count). The summed E-state index contributed by atoms with van der Waals surface area (Å²) in [7, 11) is 0. The number of nitrogens with zero attached hydrogens (tertiary/aromatic N) is 1. The van der Waals surface area contributed by atoms with Crippen LogP contribution in [-0.4, -0.2) is 29.6 Å². The Morgan fingerprint density at radius 2 is 2.28 bits per heavy atom. The standard InChI is InChI=1S/C12H12ClNO4/c1-2-14-8-5-7(13)3-4-9(8)18-10(12(14)17)6-11(15)16/h3-5,10H,2,6H2,1H3,(H,15,16). The Kier molecular flexibility index (Phi) is 3.43. The molecule has 0 bridgehead atoms. The van der Waals surface area contributed by atoms with Crippen LogP contribution in [0, 0.1) is 0 Å². The zero-order chi connectivity index (χ0) is 13.3. The highest BCUT2D eigenvalue weighted by molar-refractivity contribution is 6.31. The molecule has 96 valence electrons. The predicted octanol–water partition coefficient (Wildman–Crippen LogP) is 1.93. The second-order valence-electron chi connectivity index (χ2n) is 3.90. The average molecular weight is 270 g/mol. The van der Waals surface area contributed by atoms with E-state index in [9.17, 15) is 9.59 Å². The third-order valence-corrected chi connectivity index (χ3v) is 2.93. The van der Waals surface area contributed by atoms with Gasteiger partial charge in [-0.2, -0.15) is 0 Å². The van der Waals surface area contributed by atoms with Crippen LogP contribution >= 0.6 is 11.6 Å². The number of aliphatic carboxylic acids is 1. The van der Waals surface area contributed by atoms with Gasteiger partial charge in [0.25, 0.3) is 5.91 Å². The van der Waals surface area contributed by atoms with E-state index in [1.54, 1.807) is 18.2 Å². The summed E-state index contributed by atoms with van der Waals surface area (Å²) in [4.78, 5) is 24.2.